The highest BCUT2D eigenvalue weighted by atomic mass is 15.0. The van der Waals surface area contributed by atoms with Crippen LogP contribution in [0.1, 0.15) is 5.69 Å². The molecule has 0 fully saturated rings. The highest BCUT2D eigenvalue weighted by Gasteiger charge is 2.03. The topological polar surface area (TPSA) is 29.9 Å². The van der Waals surface area contributed by atoms with Crippen molar-refractivity contribution in [2.45, 2.75) is 13.5 Å². The second-order valence-corrected chi connectivity index (χ2v) is 2.38. The van der Waals surface area contributed by atoms with E-state index in [1.54, 1.807) is 0 Å². The highest BCUT2D eigenvalue weighted by Crippen LogP contribution is 1.95. The van der Waals surface area contributed by atoms with Crippen LogP contribution in [-0.2, 0) is 6.54 Å². The maximum absolute atomic E-state index is 5.67. The van der Waals surface area contributed by atoms with Gasteiger partial charge in [-0.25, -0.2) is 4.57 Å². The number of rotatable bonds is 1. The molecule has 2 heteroatoms. The third kappa shape index (κ3) is 1.50. The molecule has 0 saturated carbocycles. The Labute approximate surface area is 66.7 Å². The molecule has 2 N–H and O–H groups in total. The Morgan fingerprint density at radius 1 is 1.64 bits per heavy atom. The van der Waals surface area contributed by atoms with Crippen LogP contribution in [0.25, 0.3) is 0 Å². The van der Waals surface area contributed by atoms with Crippen molar-refractivity contribution in [2.75, 3.05) is 5.73 Å². The van der Waals surface area contributed by atoms with Crippen LogP contribution in [0.4, 0.5) is 5.82 Å². The molecule has 11 heavy (non-hydrogen) atoms. The lowest BCUT2D eigenvalue weighted by Gasteiger charge is -2.01. The van der Waals surface area contributed by atoms with Gasteiger partial charge in [0.05, 0.1) is 0 Å². The Morgan fingerprint density at radius 2 is 2.36 bits per heavy atom. The molecule has 1 heterocycles. The first-order valence-electron chi connectivity index (χ1n) is 3.44. The molecular weight excluding hydrogens is 136 g/mol. The Balaban J connectivity index is 3.12. The standard InChI is InChI=1S/C9H10N2/c1-3-7-11-8(2)5-4-6-9(11)10/h1,4-6,10H,7H2,2H3/p+1. The van der Waals surface area contributed by atoms with Gasteiger partial charge < -0.3 is 0 Å². The van der Waals surface area contributed by atoms with Gasteiger partial charge in [-0.05, 0) is 13.0 Å². The number of nitrogen functional groups attached to an aromatic ring is 1. The number of aryl methyl sites for hydroxylation is 1. The monoisotopic (exact) mass is 147 g/mol. The van der Waals surface area contributed by atoms with E-state index in [9.17, 15) is 0 Å². The van der Waals surface area contributed by atoms with Crippen LogP contribution >= 0.6 is 0 Å². The first kappa shape index (κ1) is 7.62. The van der Waals surface area contributed by atoms with Gasteiger partial charge in [0, 0.05) is 6.07 Å². The number of pyridine rings is 1. The Hall–Kier alpha value is -1.49. The molecule has 1 aromatic rings. The van der Waals surface area contributed by atoms with Crippen molar-refractivity contribution in [1.29, 1.82) is 0 Å². The van der Waals surface area contributed by atoms with Gasteiger partial charge in [0.1, 0.15) is 5.69 Å². The average molecular weight is 147 g/mol. The first-order valence-corrected chi connectivity index (χ1v) is 3.44. The van der Waals surface area contributed by atoms with Gasteiger partial charge >= 0.3 is 0 Å². The van der Waals surface area contributed by atoms with Crippen molar-refractivity contribution >= 4 is 5.82 Å². The molecule has 2 nitrogen and oxygen atoms in total. The van der Waals surface area contributed by atoms with E-state index in [0.29, 0.717) is 12.4 Å². The van der Waals surface area contributed by atoms with Gasteiger partial charge in [-0.1, -0.05) is 12.0 Å². The van der Waals surface area contributed by atoms with Crippen molar-refractivity contribution in [2.24, 2.45) is 0 Å². The van der Waals surface area contributed by atoms with Crippen LogP contribution in [0, 0.1) is 19.3 Å². The zero-order chi connectivity index (χ0) is 8.27. The average Bonchev–Trinajstić information content (AvgIpc) is 1.97. The lowest BCUT2D eigenvalue weighted by atomic mass is 10.3. The predicted octanol–water partition coefficient (Wildman–Crippen LogP) is 0.498. The smallest absolute Gasteiger partial charge is 0.273 e. The number of nitrogens with two attached hydrogens (primary N) is 1. The largest absolute Gasteiger partial charge is 0.287 e. The van der Waals surface area contributed by atoms with Crippen LogP contribution in [0.2, 0.25) is 0 Å². The van der Waals surface area contributed by atoms with Crippen molar-refractivity contribution in [3.8, 4) is 12.3 Å². The number of hydrogen-bond acceptors (Lipinski definition) is 1. The maximum Gasteiger partial charge on any atom is 0.273 e. The zero-order valence-electron chi connectivity index (χ0n) is 6.54. The number of anilines is 1. The summed E-state index contributed by atoms with van der Waals surface area (Å²) in [6.45, 7) is 2.52. The van der Waals surface area contributed by atoms with Crippen LogP contribution in [0.15, 0.2) is 18.2 Å². The molecule has 1 aromatic heterocycles. The number of terminal acetylenes is 1. The third-order valence-corrected chi connectivity index (χ3v) is 1.59. The van der Waals surface area contributed by atoms with E-state index < -0.39 is 0 Å². The molecule has 56 valence electrons. The SMILES string of the molecule is C#CC[n+]1c(C)cccc1N. The summed E-state index contributed by atoms with van der Waals surface area (Å²) in [5, 5.41) is 0. The fraction of sp³-hybridized carbons (Fsp3) is 0.222. The minimum Gasteiger partial charge on any atom is -0.287 e. The number of nitrogens with zero attached hydrogens (tertiary/aromatic N) is 1. The normalized spacial score (nSPS) is 9.09. The zero-order valence-corrected chi connectivity index (χ0v) is 6.54. The van der Waals surface area contributed by atoms with E-state index in [4.69, 9.17) is 12.2 Å². The minimum absolute atomic E-state index is 0.540. The summed E-state index contributed by atoms with van der Waals surface area (Å²) < 4.78 is 1.89. The van der Waals surface area contributed by atoms with E-state index in [0.717, 1.165) is 5.69 Å². The van der Waals surface area contributed by atoms with Crippen molar-refractivity contribution in [3.63, 3.8) is 0 Å². The summed E-state index contributed by atoms with van der Waals surface area (Å²) in [5.74, 6) is 3.26. The van der Waals surface area contributed by atoms with Gasteiger partial charge in [-0.3, -0.25) is 5.73 Å². The first-order chi connectivity index (χ1) is 5.25. The summed E-state index contributed by atoms with van der Waals surface area (Å²) in [4.78, 5) is 0. The molecule has 1 rings (SSSR count). The van der Waals surface area contributed by atoms with E-state index in [-0.39, 0.29) is 0 Å². The number of aromatic nitrogens is 1. The molecule has 0 atom stereocenters. The van der Waals surface area contributed by atoms with Crippen molar-refractivity contribution in [3.05, 3.63) is 23.9 Å². The van der Waals surface area contributed by atoms with Crippen molar-refractivity contribution in [1.82, 2.24) is 0 Å². The van der Waals surface area contributed by atoms with E-state index >= 15 is 0 Å². The predicted molar refractivity (Wildman–Crippen MR) is 44.6 cm³/mol. The minimum atomic E-state index is 0.540. The lowest BCUT2D eigenvalue weighted by molar-refractivity contribution is -0.676. The van der Waals surface area contributed by atoms with E-state index in [1.807, 2.05) is 29.7 Å². The molecule has 0 bridgehead atoms. The molecule has 0 aromatic carbocycles. The fourth-order valence-corrected chi connectivity index (χ4v) is 0.977. The summed E-state index contributed by atoms with van der Waals surface area (Å²) in [6, 6.07) is 5.73. The molecule has 0 radical (unpaired) electrons. The molecule has 0 aliphatic heterocycles. The van der Waals surface area contributed by atoms with Crippen molar-refractivity contribution < 1.29 is 4.57 Å². The molecule has 0 aliphatic carbocycles. The summed E-state index contributed by atoms with van der Waals surface area (Å²) >= 11 is 0. The fourth-order valence-electron chi connectivity index (χ4n) is 0.977. The van der Waals surface area contributed by atoms with Crippen LogP contribution in [0.5, 0.6) is 0 Å². The Morgan fingerprint density at radius 3 is 2.91 bits per heavy atom. The van der Waals surface area contributed by atoms with Gasteiger partial charge in [-0.15, -0.1) is 6.42 Å². The van der Waals surface area contributed by atoms with Gasteiger partial charge in [-0.2, -0.15) is 0 Å². The second kappa shape index (κ2) is 3.07. The Kier molecular flexibility index (Phi) is 2.12. The summed E-state index contributed by atoms with van der Waals surface area (Å²) in [5.41, 5.74) is 6.76. The third-order valence-electron chi connectivity index (χ3n) is 1.59. The quantitative estimate of drug-likeness (QED) is 0.455. The van der Waals surface area contributed by atoms with Gasteiger partial charge in [0.15, 0.2) is 6.54 Å². The van der Waals surface area contributed by atoms with Gasteiger partial charge in [0.25, 0.3) is 5.82 Å². The molecule has 0 spiro atoms. The second-order valence-electron chi connectivity index (χ2n) is 2.38. The molecule has 0 amide bonds. The van der Waals surface area contributed by atoms with Crippen LogP contribution in [-0.4, -0.2) is 0 Å². The van der Waals surface area contributed by atoms with E-state index in [2.05, 4.69) is 5.92 Å². The molecule has 0 saturated heterocycles. The van der Waals surface area contributed by atoms with Crippen LogP contribution < -0.4 is 10.3 Å². The summed E-state index contributed by atoms with van der Waals surface area (Å²) in [7, 11) is 0. The molecule has 0 aliphatic rings. The highest BCUT2D eigenvalue weighted by molar-refractivity contribution is 5.21. The summed E-state index contributed by atoms with van der Waals surface area (Å²) in [6.07, 6.45) is 5.17. The lowest BCUT2D eigenvalue weighted by Crippen LogP contribution is -2.39. The van der Waals surface area contributed by atoms with Crippen LogP contribution in [0.3, 0.4) is 0 Å². The van der Waals surface area contributed by atoms with Gasteiger partial charge in [0.2, 0.25) is 0 Å². The molecule has 0 unspecified atom stereocenters. The molecular formula is C9H11N2+. The van der Waals surface area contributed by atoms with E-state index in [1.165, 1.54) is 0 Å². The number of hydrogen-bond donors (Lipinski definition) is 1. The Bertz CT molecular complexity index is 277. The maximum atomic E-state index is 5.67.